The minimum absolute atomic E-state index is 0.0100. The highest BCUT2D eigenvalue weighted by Gasteiger charge is 2.19. The zero-order chi connectivity index (χ0) is 15.5. The molecule has 2 rings (SSSR count). The van der Waals surface area contributed by atoms with Gasteiger partial charge < -0.3 is 10.3 Å². The maximum absolute atomic E-state index is 12.3. The number of nitrogen functional groups attached to an aromatic ring is 1. The van der Waals surface area contributed by atoms with Gasteiger partial charge in [-0.1, -0.05) is 0 Å². The molecule has 0 aliphatic heterocycles. The maximum Gasteiger partial charge on any atom is 0.265 e. The van der Waals surface area contributed by atoms with Crippen molar-refractivity contribution in [2.45, 2.75) is 4.90 Å². The molecule has 1 aromatic carbocycles. The first-order valence-corrected chi connectivity index (χ1v) is 7.64. The van der Waals surface area contributed by atoms with Gasteiger partial charge in [0.1, 0.15) is 4.90 Å². The van der Waals surface area contributed by atoms with Gasteiger partial charge in [-0.15, -0.1) is 0 Å². The van der Waals surface area contributed by atoms with Crippen molar-refractivity contribution in [1.29, 1.82) is 0 Å². The minimum atomic E-state index is -3.76. The number of hydrogen-bond acceptors (Lipinski definition) is 6. The molecular formula is C13H17N5O2S. The number of pyridine rings is 1. The van der Waals surface area contributed by atoms with Crippen molar-refractivity contribution in [3.63, 3.8) is 0 Å². The lowest BCUT2D eigenvalue weighted by Crippen LogP contribution is -2.18. The fourth-order valence-corrected chi connectivity index (χ4v) is 2.93. The van der Waals surface area contributed by atoms with E-state index in [1.54, 1.807) is 12.1 Å². The molecule has 0 radical (unpaired) electrons. The van der Waals surface area contributed by atoms with Gasteiger partial charge in [0.05, 0.1) is 0 Å². The third-order valence-electron chi connectivity index (χ3n) is 2.83. The van der Waals surface area contributed by atoms with Gasteiger partial charge in [-0.3, -0.25) is 4.72 Å². The summed E-state index contributed by atoms with van der Waals surface area (Å²) < 4.78 is 27.2. The van der Waals surface area contributed by atoms with Gasteiger partial charge in [0.15, 0.2) is 5.82 Å². The Kier molecular flexibility index (Phi) is 4.29. The van der Waals surface area contributed by atoms with E-state index in [-0.39, 0.29) is 10.7 Å². The Morgan fingerprint density at radius 3 is 2.38 bits per heavy atom. The minimum Gasteiger partial charge on any atom is -0.378 e. The van der Waals surface area contributed by atoms with Crippen LogP contribution in [-0.2, 0) is 10.0 Å². The molecule has 0 aliphatic carbocycles. The molecule has 0 bridgehead atoms. The molecule has 1 heterocycles. The summed E-state index contributed by atoms with van der Waals surface area (Å²) in [5, 5.41) is 0. The first-order chi connectivity index (χ1) is 9.94. The quantitative estimate of drug-likeness (QED) is 0.567. The van der Waals surface area contributed by atoms with Crippen LogP contribution in [-0.4, -0.2) is 27.5 Å². The van der Waals surface area contributed by atoms with Crippen molar-refractivity contribution in [2.75, 3.05) is 29.1 Å². The smallest absolute Gasteiger partial charge is 0.265 e. The van der Waals surface area contributed by atoms with Gasteiger partial charge in [-0.2, -0.15) is 0 Å². The molecule has 0 aliphatic rings. The van der Waals surface area contributed by atoms with Crippen LogP contribution in [0.4, 0.5) is 17.2 Å². The molecule has 0 atom stereocenters. The Morgan fingerprint density at radius 1 is 1.14 bits per heavy atom. The van der Waals surface area contributed by atoms with Crippen LogP contribution >= 0.6 is 0 Å². The highest BCUT2D eigenvalue weighted by atomic mass is 32.2. The second-order valence-corrected chi connectivity index (χ2v) is 6.19. The number of rotatable bonds is 5. The van der Waals surface area contributed by atoms with Crippen LogP contribution in [0.1, 0.15) is 0 Å². The van der Waals surface area contributed by atoms with Crippen molar-refractivity contribution in [3.05, 3.63) is 42.6 Å². The van der Waals surface area contributed by atoms with Crippen LogP contribution in [0, 0.1) is 0 Å². The number of nitrogens with zero attached hydrogens (tertiary/aromatic N) is 2. The summed E-state index contributed by atoms with van der Waals surface area (Å²) in [5.74, 6) is 5.38. The van der Waals surface area contributed by atoms with E-state index in [9.17, 15) is 8.42 Å². The Balaban J connectivity index is 2.29. The van der Waals surface area contributed by atoms with Crippen LogP contribution in [0.25, 0.3) is 0 Å². The van der Waals surface area contributed by atoms with E-state index in [2.05, 4.69) is 15.1 Å². The fraction of sp³-hybridized carbons (Fsp3) is 0.154. The van der Waals surface area contributed by atoms with Crippen molar-refractivity contribution in [2.24, 2.45) is 5.84 Å². The average Bonchev–Trinajstić information content (AvgIpc) is 2.47. The lowest BCUT2D eigenvalue weighted by Gasteiger charge is -2.14. The number of nitrogens with one attached hydrogen (secondary N) is 2. The largest absolute Gasteiger partial charge is 0.378 e. The lowest BCUT2D eigenvalue weighted by atomic mass is 10.3. The SMILES string of the molecule is CN(C)c1ccc(NS(=O)(=O)c2cccnc2NN)cc1. The van der Waals surface area contributed by atoms with E-state index < -0.39 is 10.0 Å². The highest BCUT2D eigenvalue weighted by Crippen LogP contribution is 2.22. The molecule has 112 valence electrons. The number of hydrazine groups is 1. The first-order valence-electron chi connectivity index (χ1n) is 6.16. The van der Waals surface area contributed by atoms with E-state index in [0.717, 1.165) is 5.69 Å². The molecule has 0 amide bonds. The molecular weight excluding hydrogens is 290 g/mol. The topological polar surface area (TPSA) is 100 Å². The zero-order valence-electron chi connectivity index (χ0n) is 11.7. The lowest BCUT2D eigenvalue weighted by molar-refractivity contribution is 0.601. The van der Waals surface area contributed by atoms with Gasteiger partial charge in [0.2, 0.25) is 0 Å². The van der Waals surface area contributed by atoms with Gasteiger partial charge in [0.25, 0.3) is 10.0 Å². The molecule has 0 unspecified atom stereocenters. The number of sulfonamides is 1. The molecule has 7 nitrogen and oxygen atoms in total. The maximum atomic E-state index is 12.3. The van der Waals surface area contributed by atoms with Crippen molar-refractivity contribution in [3.8, 4) is 0 Å². The second-order valence-electron chi connectivity index (χ2n) is 4.54. The predicted octanol–water partition coefficient (Wildman–Crippen LogP) is 1.23. The number of aromatic nitrogens is 1. The summed E-state index contributed by atoms with van der Waals surface area (Å²) in [6.45, 7) is 0. The van der Waals surface area contributed by atoms with Gasteiger partial charge in [0, 0.05) is 31.7 Å². The van der Waals surface area contributed by atoms with Crippen molar-refractivity contribution < 1.29 is 8.42 Å². The number of anilines is 3. The van der Waals surface area contributed by atoms with Crippen LogP contribution in [0.5, 0.6) is 0 Å². The Hall–Kier alpha value is -2.32. The predicted molar refractivity (Wildman–Crippen MR) is 83.6 cm³/mol. The first kappa shape index (κ1) is 15.1. The molecule has 8 heteroatoms. The molecule has 0 saturated carbocycles. The number of benzene rings is 1. The van der Waals surface area contributed by atoms with Crippen LogP contribution in [0.2, 0.25) is 0 Å². The van der Waals surface area contributed by atoms with Crippen LogP contribution in [0.3, 0.4) is 0 Å². The highest BCUT2D eigenvalue weighted by molar-refractivity contribution is 7.92. The average molecular weight is 307 g/mol. The standard InChI is InChI=1S/C13H17N5O2S/c1-18(2)11-7-5-10(6-8-11)17-21(19,20)12-4-3-9-15-13(12)16-14/h3-9,17H,14H2,1-2H3,(H,15,16). The van der Waals surface area contributed by atoms with E-state index in [0.29, 0.717) is 5.69 Å². The monoisotopic (exact) mass is 307 g/mol. The summed E-state index contributed by atoms with van der Waals surface area (Å²) in [7, 11) is 0.0637. The van der Waals surface area contributed by atoms with Gasteiger partial charge >= 0.3 is 0 Å². The van der Waals surface area contributed by atoms with Crippen molar-refractivity contribution in [1.82, 2.24) is 4.98 Å². The molecule has 4 N–H and O–H groups in total. The molecule has 0 spiro atoms. The van der Waals surface area contributed by atoms with E-state index in [1.807, 2.05) is 31.1 Å². The fourth-order valence-electron chi connectivity index (χ4n) is 1.75. The Labute approximate surface area is 123 Å². The molecule has 21 heavy (non-hydrogen) atoms. The van der Waals surface area contributed by atoms with Gasteiger partial charge in [-0.05, 0) is 36.4 Å². The molecule has 1 aromatic heterocycles. The third kappa shape index (κ3) is 3.41. The Morgan fingerprint density at radius 2 is 1.81 bits per heavy atom. The molecule has 0 fully saturated rings. The molecule has 0 saturated heterocycles. The summed E-state index contributed by atoms with van der Waals surface area (Å²) in [6.07, 6.45) is 1.46. The van der Waals surface area contributed by atoms with Crippen LogP contribution < -0.4 is 20.9 Å². The van der Waals surface area contributed by atoms with E-state index >= 15 is 0 Å². The summed E-state index contributed by atoms with van der Waals surface area (Å²) in [6, 6.07) is 9.99. The second kappa shape index (κ2) is 5.98. The Bertz CT molecular complexity index is 714. The zero-order valence-corrected chi connectivity index (χ0v) is 12.6. The van der Waals surface area contributed by atoms with E-state index in [4.69, 9.17) is 5.84 Å². The van der Waals surface area contributed by atoms with E-state index in [1.165, 1.54) is 18.3 Å². The summed E-state index contributed by atoms with van der Waals surface area (Å²) >= 11 is 0. The van der Waals surface area contributed by atoms with Gasteiger partial charge in [-0.25, -0.2) is 19.2 Å². The normalized spacial score (nSPS) is 11.0. The third-order valence-corrected chi connectivity index (χ3v) is 4.25. The molecule has 2 aromatic rings. The van der Waals surface area contributed by atoms with Crippen LogP contribution in [0.15, 0.2) is 47.5 Å². The number of hydrogen-bond donors (Lipinski definition) is 3. The number of nitrogens with two attached hydrogens (primary N) is 1. The summed E-state index contributed by atoms with van der Waals surface area (Å²) in [4.78, 5) is 5.80. The summed E-state index contributed by atoms with van der Waals surface area (Å²) in [5.41, 5.74) is 3.72. The van der Waals surface area contributed by atoms with Crippen molar-refractivity contribution >= 4 is 27.2 Å².